The van der Waals surface area contributed by atoms with Crippen molar-refractivity contribution >= 4 is 20.2 Å². The smallest absolute Gasteiger partial charge is 0.282 e. The van der Waals surface area contributed by atoms with Gasteiger partial charge in [-0.25, -0.2) is 0 Å². The number of hydrogen-bond donors (Lipinski definition) is 2. The first kappa shape index (κ1) is 20.6. The van der Waals surface area contributed by atoms with Crippen LogP contribution in [0.25, 0.3) is 0 Å². The van der Waals surface area contributed by atoms with Crippen LogP contribution < -0.4 is 0 Å². The van der Waals surface area contributed by atoms with E-state index in [2.05, 4.69) is 0 Å². The predicted molar refractivity (Wildman–Crippen MR) is 98.6 cm³/mol. The van der Waals surface area contributed by atoms with Crippen LogP contribution in [0.1, 0.15) is 29.2 Å². The van der Waals surface area contributed by atoms with Crippen molar-refractivity contribution in [2.75, 3.05) is 0 Å². The molecule has 0 saturated carbocycles. The molecule has 0 atom stereocenters. The standard InChI is InChI=1S/C18H22O6S2/c1-12-4-6-17(25(19,20)21)15(8-12)10-14(3)11-16-9-13(2)5-7-18(16)26(22,23)24/h4-9,14H,10-11H2,1-3H3,(H,19,20,21)(H,22,23,24). The summed E-state index contributed by atoms with van der Waals surface area (Å²) in [6.45, 7) is 5.49. The van der Waals surface area contributed by atoms with Crippen LogP contribution in [0, 0.1) is 19.8 Å². The normalized spacial score (nSPS) is 12.5. The summed E-state index contributed by atoms with van der Waals surface area (Å²) in [7, 11) is -8.69. The first-order chi connectivity index (χ1) is 11.9. The number of aryl methyl sites for hydroxylation is 2. The van der Waals surface area contributed by atoms with Crippen molar-refractivity contribution in [1.29, 1.82) is 0 Å². The van der Waals surface area contributed by atoms with Crippen LogP contribution in [0.3, 0.4) is 0 Å². The van der Waals surface area contributed by atoms with Gasteiger partial charge in [-0.2, -0.15) is 16.8 Å². The highest BCUT2D eigenvalue weighted by Gasteiger charge is 2.20. The first-order valence-corrected chi connectivity index (χ1v) is 10.9. The van der Waals surface area contributed by atoms with E-state index in [1.54, 1.807) is 24.3 Å². The maximum Gasteiger partial charge on any atom is 0.294 e. The van der Waals surface area contributed by atoms with Gasteiger partial charge in [-0.3, -0.25) is 9.11 Å². The van der Waals surface area contributed by atoms with Crippen molar-refractivity contribution in [1.82, 2.24) is 0 Å². The Morgan fingerprint density at radius 1 is 0.769 bits per heavy atom. The number of rotatable bonds is 6. The van der Waals surface area contributed by atoms with Crippen molar-refractivity contribution < 1.29 is 25.9 Å². The lowest BCUT2D eigenvalue weighted by atomic mass is 9.93. The topological polar surface area (TPSA) is 109 Å². The Bertz CT molecular complexity index is 940. The third kappa shape index (κ3) is 5.14. The molecule has 2 rings (SSSR count). The fourth-order valence-electron chi connectivity index (χ4n) is 3.06. The molecule has 0 radical (unpaired) electrons. The van der Waals surface area contributed by atoms with E-state index < -0.39 is 20.2 Å². The van der Waals surface area contributed by atoms with Crippen LogP contribution in [0.2, 0.25) is 0 Å². The Balaban J connectivity index is 2.36. The molecule has 2 aromatic carbocycles. The van der Waals surface area contributed by atoms with E-state index in [9.17, 15) is 25.9 Å². The summed E-state index contributed by atoms with van der Waals surface area (Å²) in [6.07, 6.45) is 0.658. The van der Waals surface area contributed by atoms with Crippen LogP contribution in [0.4, 0.5) is 0 Å². The lowest BCUT2D eigenvalue weighted by molar-refractivity contribution is 0.480. The van der Waals surface area contributed by atoms with Gasteiger partial charge in [-0.15, -0.1) is 0 Å². The fourth-order valence-corrected chi connectivity index (χ4v) is 4.49. The largest absolute Gasteiger partial charge is 0.294 e. The molecule has 0 spiro atoms. The van der Waals surface area contributed by atoms with Crippen LogP contribution in [0.5, 0.6) is 0 Å². The molecular weight excluding hydrogens is 376 g/mol. The second kappa shape index (κ2) is 7.48. The van der Waals surface area contributed by atoms with Gasteiger partial charge >= 0.3 is 0 Å². The van der Waals surface area contributed by atoms with Crippen LogP contribution in [-0.4, -0.2) is 25.9 Å². The summed E-state index contributed by atoms with van der Waals surface area (Å²) < 4.78 is 65.1. The van der Waals surface area contributed by atoms with Crippen molar-refractivity contribution in [2.45, 2.75) is 43.4 Å². The molecule has 26 heavy (non-hydrogen) atoms. The van der Waals surface area contributed by atoms with E-state index in [4.69, 9.17) is 0 Å². The molecule has 0 aromatic heterocycles. The first-order valence-electron chi connectivity index (χ1n) is 8.02. The molecule has 142 valence electrons. The van der Waals surface area contributed by atoms with Crippen molar-refractivity contribution in [2.24, 2.45) is 5.92 Å². The van der Waals surface area contributed by atoms with E-state index in [-0.39, 0.29) is 15.7 Å². The highest BCUT2D eigenvalue weighted by Crippen LogP contribution is 2.25. The van der Waals surface area contributed by atoms with E-state index in [1.807, 2.05) is 20.8 Å². The van der Waals surface area contributed by atoms with Gasteiger partial charge in [-0.05, 0) is 55.9 Å². The Labute approximate surface area is 154 Å². The molecule has 8 heteroatoms. The molecule has 0 amide bonds. The van der Waals surface area contributed by atoms with Crippen LogP contribution in [0.15, 0.2) is 46.2 Å². The maximum atomic E-state index is 11.6. The number of hydrogen-bond acceptors (Lipinski definition) is 4. The predicted octanol–water partition coefficient (Wildman–Crippen LogP) is 3.22. The lowest BCUT2D eigenvalue weighted by Gasteiger charge is -2.16. The Morgan fingerprint density at radius 3 is 1.42 bits per heavy atom. The average molecular weight is 399 g/mol. The van der Waals surface area contributed by atoms with Gasteiger partial charge in [0, 0.05) is 0 Å². The monoisotopic (exact) mass is 398 g/mol. The van der Waals surface area contributed by atoms with Gasteiger partial charge in [0.15, 0.2) is 0 Å². The summed E-state index contributed by atoms with van der Waals surface area (Å²) >= 11 is 0. The Kier molecular flexibility index (Phi) is 5.92. The maximum absolute atomic E-state index is 11.6. The Morgan fingerprint density at radius 2 is 1.12 bits per heavy atom. The molecule has 0 fully saturated rings. The highest BCUT2D eigenvalue weighted by atomic mass is 32.2. The molecule has 2 N–H and O–H groups in total. The van der Waals surface area contributed by atoms with E-state index in [0.29, 0.717) is 24.0 Å². The summed E-state index contributed by atoms with van der Waals surface area (Å²) in [5, 5.41) is 0. The molecule has 0 bridgehead atoms. The average Bonchev–Trinajstić information content (AvgIpc) is 2.44. The zero-order valence-corrected chi connectivity index (χ0v) is 16.4. The zero-order chi connectivity index (χ0) is 19.7. The summed E-state index contributed by atoms with van der Waals surface area (Å²) in [5.74, 6) is -0.125. The zero-order valence-electron chi connectivity index (χ0n) is 14.8. The molecule has 0 saturated heterocycles. The second-order valence-electron chi connectivity index (χ2n) is 6.69. The quantitative estimate of drug-likeness (QED) is 0.723. The minimum absolute atomic E-state index is 0.125. The van der Waals surface area contributed by atoms with Crippen molar-refractivity contribution in [3.63, 3.8) is 0 Å². The van der Waals surface area contributed by atoms with Gasteiger partial charge in [0.25, 0.3) is 20.2 Å². The molecule has 0 unspecified atom stereocenters. The van der Waals surface area contributed by atoms with E-state index in [0.717, 1.165) is 11.1 Å². The molecule has 0 aliphatic rings. The van der Waals surface area contributed by atoms with E-state index >= 15 is 0 Å². The Hall–Kier alpha value is -1.74. The van der Waals surface area contributed by atoms with Crippen LogP contribution in [-0.2, 0) is 33.1 Å². The summed E-state index contributed by atoms with van der Waals surface area (Å²) in [4.78, 5) is -0.289. The number of benzene rings is 2. The van der Waals surface area contributed by atoms with Crippen LogP contribution >= 0.6 is 0 Å². The van der Waals surface area contributed by atoms with Crippen molar-refractivity contribution in [3.8, 4) is 0 Å². The van der Waals surface area contributed by atoms with E-state index in [1.165, 1.54) is 12.1 Å². The molecule has 0 aliphatic carbocycles. The molecule has 2 aromatic rings. The van der Waals surface area contributed by atoms with Gasteiger partial charge in [0.1, 0.15) is 0 Å². The van der Waals surface area contributed by atoms with Gasteiger partial charge in [0.2, 0.25) is 0 Å². The van der Waals surface area contributed by atoms with Crippen molar-refractivity contribution in [3.05, 3.63) is 58.7 Å². The lowest BCUT2D eigenvalue weighted by Crippen LogP contribution is -2.12. The highest BCUT2D eigenvalue weighted by molar-refractivity contribution is 7.86. The summed E-state index contributed by atoms with van der Waals surface area (Å²) in [5.41, 5.74) is 2.66. The minimum atomic E-state index is -4.34. The molecule has 0 heterocycles. The van der Waals surface area contributed by atoms with Gasteiger partial charge in [0.05, 0.1) is 9.79 Å². The second-order valence-corrected chi connectivity index (χ2v) is 9.47. The SMILES string of the molecule is Cc1ccc(S(=O)(=O)O)c(CC(C)Cc2cc(C)ccc2S(=O)(=O)O)c1. The molecular formula is C18H22O6S2. The minimum Gasteiger partial charge on any atom is -0.282 e. The van der Waals surface area contributed by atoms with Gasteiger partial charge in [-0.1, -0.05) is 42.3 Å². The summed E-state index contributed by atoms with van der Waals surface area (Å²) in [6, 6.07) is 9.33. The third-order valence-electron chi connectivity index (χ3n) is 4.12. The fraction of sp³-hybridized carbons (Fsp3) is 0.333. The third-order valence-corrected chi connectivity index (χ3v) is 6.03. The van der Waals surface area contributed by atoms with Gasteiger partial charge < -0.3 is 0 Å². The molecule has 6 nitrogen and oxygen atoms in total. The molecule has 0 aliphatic heterocycles.